The summed E-state index contributed by atoms with van der Waals surface area (Å²) in [4.78, 5) is 20.5. The quantitative estimate of drug-likeness (QED) is 0.416. The van der Waals surface area contributed by atoms with Crippen molar-refractivity contribution in [1.29, 1.82) is 0 Å². The van der Waals surface area contributed by atoms with Crippen molar-refractivity contribution in [1.82, 2.24) is 0 Å². The Morgan fingerprint density at radius 2 is 1.65 bits per heavy atom. The molecule has 0 radical (unpaired) electrons. The molecule has 1 N–H and O–H groups in total. The number of aryl methyl sites for hydroxylation is 1. The number of anilines is 1. The Labute approximate surface area is 148 Å². The van der Waals surface area contributed by atoms with Crippen molar-refractivity contribution >= 4 is 34.0 Å². The number of nitro groups is 2. The van der Waals surface area contributed by atoms with Crippen LogP contribution in [0.5, 0.6) is 0 Å². The minimum atomic E-state index is -0.688. The number of non-ortho nitro benzene ring substituents is 1. The first-order chi connectivity index (χ1) is 12.5. The number of rotatable bonds is 5. The van der Waals surface area contributed by atoms with Crippen molar-refractivity contribution in [3.05, 3.63) is 86.0 Å². The van der Waals surface area contributed by atoms with Crippen molar-refractivity contribution in [3.8, 4) is 0 Å². The Morgan fingerprint density at radius 1 is 0.962 bits per heavy atom. The summed E-state index contributed by atoms with van der Waals surface area (Å²) in [5, 5.41) is 28.1. The van der Waals surface area contributed by atoms with Gasteiger partial charge in [-0.2, -0.15) is 5.10 Å². The van der Waals surface area contributed by atoms with E-state index in [2.05, 4.69) is 10.5 Å². The largest absolute Gasteiger partial charge is 0.301 e. The van der Waals surface area contributed by atoms with Gasteiger partial charge in [0.15, 0.2) is 0 Å². The van der Waals surface area contributed by atoms with E-state index in [0.29, 0.717) is 0 Å². The van der Waals surface area contributed by atoms with Gasteiger partial charge in [-0.25, -0.2) is 0 Å². The molecular formula is C18H14N4O4. The number of benzene rings is 3. The number of hydrazone groups is 1. The highest BCUT2D eigenvalue weighted by molar-refractivity contribution is 5.92. The van der Waals surface area contributed by atoms with Crippen molar-refractivity contribution in [2.45, 2.75) is 6.92 Å². The third-order valence-corrected chi connectivity index (χ3v) is 3.91. The van der Waals surface area contributed by atoms with E-state index in [1.807, 2.05) is 43.3 Å². The van der Waals surface area contributed by atoms with Gasteiger partial charge in [0.2, 0.25) is 0 Å². The number of nitrogens with zero attached hydrogens (tertiary/aromatic N) is 3. The third-order valence-electron chi connectivity index (χ3n) is 3.91. The van der Waals surface area contributed by atoms with E-state index in [-0.39, 0.29) is 11.4 Å². The van der Waals surface area contributed by atoms with E-state index in [1.165, 1.54) is 12.1 Å². The second-order valence-corrected chi connectivity index (χ2v) is 5.64. The molecule has 0 aliphatic rings. The van der Waals surface area contributed by atoms with Crippen LogP contribution in [0.2, 0.25) is 0 Å². The lowest BCUT2D eigenvalue weighted by Gasteiger charge is -2.05. The van der Waals surface area contributed by atoms with Crippen LogP contribution in [0.15, 0.2) is 59.7 Å². The van der Waals surface area contributed by atoms with Crippen molar-refractivity contribution in [2.24, 2.45) is 5.10 Å². The van der Waals surface area contributed by atoms with Gasteiger partial charge < -0.3 is 0 Å². The fraction of sp³-hybridized carbons (Fsp3) is 0.0556. The summed E-state index contributed by atoms with van der Waals surface area (Å²) >= 11 is 0. The molecule has 0 saturated heterocycles. The van der Waals surface area contributed by atoms with E-state index in [4.69, 9.17) is 0 Å². The van der Waals surface area contributed by atoms with Gasteiger partial charge in [0.05, 0.1) is 22.1 Å². The molecule has 0 aromatic heterocycles. The Kier molecular flexibility index (Phi) is 4.57. The Hall–Kier alpha value is -3.81. The van der Waals surface area contributed by atoms with Crippen molar-refractivity contribution < 1.29 is 9.85 Å². The average Bonchev–Trinajstić information content (AvgIpc) is 2.62. The summed E-state index contributed by atoms with van der Waals surface area (Å²) in [7, 11) is 0. The van der Waals surface area contributed by atoms with Gasteiger partial charge in [-0.05, 0) is 41.0 Å². The Morgan fingerprint density at radius 3 is 2.31 bits per heavy atom. The molecule has 3 aromatic rings. The van der Waals surface area contributed by atoms with Gasteiger partial charge in [-0.3, -0.25) is 25.7 Å². The number of fused-ring (bicyclic) bond motifs is 1. The number of hydrogen-bond acceptors (Lipinski definition) is 6. The number of nitro benzene ring substituents is 2. The second kappa shape index (κ2) is 6.98. The lowest BCUT2D eigenvalue weighted by molar-refractivity contribution is -0.393. The van der Waals surface area contributed by atoms with E-state index in [1.54, 1.807) is 6.21 Å². The molecule has 0 amide bonds. The monoisotopic (exact) mass is 350 g/mol. The van der Waals surface area contributed by atoms with Crippen LogP contribution >= 0.6 is 0 Å². The predicted octanol–water partition coefficient (Wildman–Crippen LogP) is 4.41. The fourth-order valence-electron chi connectivity index (χ4n) is 2.56. The van der Waals surface area contributed by atoms with Crippen LogP contribution in [-0.4, -0.2) is 16.1 Å². The first kappa shape index (κ1) is 17.0. The minimum absolute atomic E-state index is 0.0790. The topological polar surface area (TPSA) is 111 Å². The highest BCUT2D eigenvalue weighted by Crippen LogP contribution is 2.29. The van der Waals surface area contributed by atoms with Crippen LogP contribution in [0.1, 0.15) is 11.1 Å². The molecule has 0 aliphatic heterocycles. The van der Waals surface area contributed by atoms with E-state index in [9.17, 15) is 20.2 Å². The van der Waals surface area contributed by atoms with Gasteiger partial charge in [0.25, 0.3) is 5.69 Å². The first-order valence-corrected chi connectivity index (χ1v) is 7.67. The maximum atomic E-state index is 11.1. The fourth-order valence-corrected chi connectivity index (χ4v) is 2.56. The van der Waals surface area contributed by atoms with Gasteiger partial charge in [0, 0.05) is 6.07 Å². The molecule has 0 spiro atoms. The smallest absolute Gasteiger partial charge is 0.272 e. The van der Waals surface area contributed by atoms with Crippen LogP contribution < -0.4 is 5.43 Å². The molecule has 26 heavy (non-hydrogen) atoms. The van der Waals surface area contributed by atoms with Crippen molar-refractivity contribution in [3.63, 3.8) is 0 Å². The summed E-state index contributed by atoms with van der Waals surface area (Å²) in [6, 6.07) is 15.3. The number of hydrogen-bond donors (Lipinski definition) is 1. The van der Waals surface area contributed by atoms with Crippen LogP contribution in [0.3, 0.4) is 0 Å². The third kappa shape index (κ3) is 3.48. The highest BCUT2D eigenvalue weighted by Gasteiger charge is 2.19. The highest BCUT2D eigenvalue weighted by atomic mass is 16.6. The summed E-state index contributed by atoms with van der Waals surface area (Å²) in [6.45, 7) is 1.95. The molecule has 8 heteroatoms. The number of nitrogens with one attached hydrogen (secondary N) is 1. The molecule has 0 unspecified atom stereocenters. The molecule has 0 fully saturated rings. The zero-order chi connectivity index (χ0) is 18.7. The molecule has 3 rings (SSSR count). The summed E-state index contributed by atoms with van der Waals surface area (Å²) in [5.74, 6) is 0. The maximum absolute atomic E-state index is 11.1. The zero-order valence-corrected chi connectivity index (χ0v) is 13.7. The molecule has 130 valence electrons. The van der Waals surface area contributed by atoms with Gasteiger partial charge >= 0.3 is 5.69 Å². The second-order valence-electron chi connectivity index (χ2n) is 5.64. The Balaban J connectivity index is 1.88. The van der Waals surface area contributed by atoms with Crippen molar-refractivity contribution in [2.75, 3.05) is 5.43 Å². The molecule has 8 nitrogen and oxygen atoms in total. The lowest BCUT2D eigenvalue weighted by atomic mass is 10.0. The molecule has 0 bridgehead atoms. The maximum Gasteiger partial charge on any atom is 0.301 e. The SMILES string of the molecule is Cc1cc2ccccc2cc1C=NNc1ccc([N+](=O)[O-])cc1[N+](=O)[O-]. The van der Waals surface area contributed by atoms with Crippen LogP contribution in [0, 0.1) is 27.2 Å². The Bertz CT molecular complexity index is 1050. The average molecular weight is 350 g/mol. The van der Waals surface area contributed by atoms with E-state index in [0.717, 1.165) is 28.0 Å². The molecule has 0 heterocycles. The molecule has 0 saturated carbocycles. The van der Waals surface area contributed by atoms with Gasteiger partial charge in [0.1, 0.15) is 5.69 Å². The van der Waals surface area contributed by atoms with Crippen LogP contribution in [0.4, 0.5) is 17.1 Å². The predicted molar refractivity (Wildman–Crippen MR) is 99.7 cm³/mol. The van der Waals surface area contributed by atoms with Crippen LogP contribution in [0.25, 0.3) is 10.8 Å². The summed E-state index contributed by atoms with van der Waals surface area (Å²) < 4.78 is 0. The van der Waals surface area contributed by atoms with Crippen LogP contribution in [-0.2, 0) is 0 Å². The zero-order valence-electron chi connectivity index (χ0n) is 13.7. The normalized spacial score (nSPS) is 11.0. The van der Waals surface area contributed by atoms with Gasteiger partial charge in [-0.1, -0.05) is 30.3 Å². The molecule has 3 aromatic carbocycles. The molecule has 0 aliphatic carbocycles. The summed E-state index contributed by atoms with van der Waals surface area (Å²) in [5.41, 5.74) is 3.78. The first-order valence-electron chi connectivity index (χ1n) is 7.67. The molecule has 0 atom stereocenters. The van der Waals surface area contributed by atoms with E-state index < -0.39 is 15.5 Å². The van der Waals surface area contributed by atoms with E-state index >= 15 is 0 Å². The molecular weight excluding hydrogens is 336 g/mol. The lowest BCUT2D eigenvalue weighted by Crippen LogP contribution is -1.99. The van der Waals surface area contributed by atoms with Gasteiger partial charge in [-0.15, -0.1) is 0 Å². The standard InChI is InChI=1S/C18H14N4O4/c1-12-8-13-4-2-3-5-14(13)9-15(12)11-19-20-17-7-6-16(21(23)24)10-18(17)22(25)26/h2-11,20H,1H3. The summed E-state index contributed by atoms with van der Waals surface area (Å²) in [6.07, 6.45) is 1.56. The minimum Gasteiger partial charge on any atom is -0.272 e.